The smallest absolute Gasteiger partial charge is 0.227 e. The number of anilines is 1. The van der Waals surface area contributed by atoms with Gasteiger partial charge in [0.25, 0.3) is 0 Å². The molecule has 1 saturated heterocycles. The van der Waals surface area contributed by atoms with Gasteiger partial charge in [-0.3, -0.25) is 4.79 Å². The average molecular weight is 355 g/mol. The van der Waals surface area contributed by atoms with Crippen molar-refractivity contribution in [3.05, 3.63) is 36.4 Å². The summed E-state index contributed by atoms with van der Waals surface area (Å²) in [7, 11) is 1.65. The molecule has 2 aliphatic carbocycles. The molecule has 3 aliphatic rings. The molecule has 6 nitrogen and oxygen atoms in total. The molecular weight excluding hydrogens is 332 g/mol. The largest absolute Gasteiger partial charge is 0.550 e. The van der Waals surface area contributed by atoms with Crippen molar-refractivity contribution >= 4 is 17.6 Å². The highest BCUT2D eigenvalue weighted by atomic mass is 16.5. The molecule has 1 aromatic carbocycles. The zero-order valence-corrected chi connectivity index (χ0v) is 14.8. The predicted molar refractivity (Wildman–Crippen MR) is 94.5 cm³/mol. The molecular formula is C20H23N2O4-. The predicted octanol–water partition coefficient (Wildman–Crippen LogP) is 0.532. The molecule has 4 atom stereocenters. The number of allylic oxidation sites excluding steroid dienone is 2. The zero-order chi connectivity index (χ0) is 18.3. The van der Waals surface area contributed by atoms with E-state index in [1.807, 2.05) is 41.3 Å². The summed E-state index contributed by atoms with van der Waals surface area (Å²) in [5.41, 5.74) is 1.03. The number of hydrogen-bond donors (Lipinski definition) is 0. The fourth-order valence-electron chi connectivity index (χ4n) is 4.75. The molecule has 1 aromatic rings. The molecule has 6 heteroatoms. The van der Waals surface area contributed by atoms with Crippen LogP contribution in [0, 0.1) is 23.7 Å². The van der Waals surface area contributed by atoms with Crippen LogP contribution in [0.2, 0.25) is 0 Å². The van der Waals surface area contributed by atoms with Crippen LogP contribution in [0.15, 0.2) is 36.4 Å². The van der Waals surface area contributed by atoms with Crippen LogP contribution in [0.5, 0.6) is 5.75 Å². The maximum absolute atomic E-state index is 13.0. The molecule has 1 aliphatic heterocycles. The molecule has 1 heterocycles. The lowest BCUT2D eigenvalue weighted by atomic mass is 9.82. The van der Waals surface area contributed by atoms with Gasteiger partial charge in [0, 0.05) is 38.1 Å². The van der Waals surface area contributed by atoms with Crippen LogP contribution in [0.4, 0.5) is 5.69 Å². The SMILES string of the molecule is COc1ccccc1N1CCN(C(=O)[C@H]2[C@@H](C(=O)[O-])[C@@H]3C=C[C@@H]2C3)CC1. The number of fused-ring (bicyclic) bond motifs is 2. The van der Waals surface area contributed by atoms with Crippen molar-refractivity contribution in [2.24, 2.45) is 23.7 Å². The van der Waals surface area contributed by atoms with Crippen LogP contribution in [0.3, 0.4) is 0 Å². The Morgan fingerprint density at radius 3 is 2.35 bits per heavy atom. The standard InChI is InChI=1S/C20H24N2O4/c1-26-16-5-3-2-4-15(16)21-8-10-22(11-9-21)19(23)17-13-6-7-14(12-13)18(17)20(24)25/h2-7,13-14,17-18H,8-12H2,1H3,(H,24,25)/p-1/t13-,14-,17-,18+/m1/s1. The maximum Gasteiger partial charge on any atom is 0.227 e. The Kier molecular flexibility index (Phi) is 4.34. The number of para-hydroxylation sites is 2. The van der Waals surface area contributed by atoms with Gasteiger partial charge in [-0.15, -0.1) is 0 Å². The number of amides is 1. The average Bonchev–Trinajstić information content (AvgIpc) is 3.29. The van der Waals surface area contributed by atoms with Crippen molar-refractivity contribution in [1.82, 2.24) is 4.90 Å². The molecule has 1 amide bonds. The number of carbonyl (C=O) groups is 2. The van der Waals surface area contributed by atoms with Gasteiger partial charge < -0.3 is 24.4 Å². The monoisotopic (exact) mass is 355 g/mol. The van der Waals surface area contributed by atoms with Crippen molar-refractivity contribution < 1.29 is 19.4 Å². The van der Waals surface area contributed by atoms with Gasteiger partial charge in [0.15, 0.2) is 0 Å². The normalized spacial score (nSPS) is 29.9. The Balaban J connectivity index is 1.44. The third-order valence-corrected chi connectivity index (χ3v) is 6.03. The fraction of sp³-hybridized carbons (Fsp3) is 0.500. The van der Waals surface area contributed by atoms with Crippen LogP contribution in [0.1, 0.15) is 6.42 Å². The lowest BCUT2D eigenvalue weighted by molar-refractivity contribution is -0.313. The van der Waals surface area contributed by atoms with E-state index in [1.54, 1.807) is 7.11 Å². The summed E-state index contributed by atoms with van der Waals surface area (Å²) in [6, 6.07) is 7.86. The third-order valence-electron chi connectivity index (χ3n) is 6.03. The van der Waals surface area contributed by atoms with E-state index in [1.165, 1.54) is 0 Å². The summed E-state index contributed by atoms with van der Waals surface area (Å²) in [4.78, 5) is 28.6. The first-order chi connectivity index (χ1) is 12.6. The minimum atomic E-state index is -1.09. The highest BCUT2D eigenvalue weighted by Crippen LogP contribution is 2.48. The Labute approximate surface area is 153 Å². The van der Waals surface area contributed by atoms with Gasteiger partial charge in [-0.2, -0.15) is 0 Å². The number of aliphatic carboxylic acids is 1. The second-order valence-electron chi connectivity index (χ2n) is 7.30. The molecule has 0 radical (unpaired) electrons. The van der Waals surface area contributed by atoms with Crippen molar-refractivity contribution in [3.8, 4) is 5.75 Å². The lowest BCUT2D eigenvalue weighted by Gasteiger charge is -2.39. The quantitative estimate of drug-likeness (QED) is 0.737. The number of carboxylic acid groups (broad SMARTS) is 1. The van der Waals surface area contributed by atoms with E-state index in [2.05, 4.69) is 4.90 Å². The summed E-state index contributed by atoms with van der Waals surface area (Å²) in [6.45, 7) is 2.60. The Morgan fingerprint density at radius 1 is 1.04 bits per heavy atom. The van der Waals surface area contributed by atoms with Gasteiger partial charge in [0.2, 0.25) is 5.91 Å². The van der Waals surface area contributed by atoms with E-state index in [-0.39, 0.29) is 17.7 Å². The molecule has 1 saturated carbocycles. The van der Waals surface area contributed by atoms with Crippen molar-refractivity contribution in [1.29, 1.82) is 0 Å². The van der Waals surface area contributed by atoms with Gasteiger partial charge in [-0.05, 0) is 30.4 Å². The number of carbonyl (C=O) groups excluding carboxylic acids is 2. The first-order valence-corrected chi connectivity index (χ1v) is 9.16. The van der Waals surface area contributed by atoms with Crippen LogP contribution < -0.4 is 14.7 Å². The second kappa shape index (κ2) is 6.67. The Hall–Kier alpha value is -2.50. The van der Waals surface area contributed by atoms with Gasteiger partial charge in [0.05, 0.1) is 18.7 Å². The lowest BCUT2D eigenvalue weighted by Crippen LogP contribution is -2.53. The van der Waals surface area contributed by atoms with Crippen LogP contribution in [-0.2, 0) is 9.59 Å². The number of hydrogen-bond acceptors (Lipinski definition) is 5. The third kappa shape index (κ3) is 2.73. The van der Waals surface area contributed by atoms with Crippen LogP contribution >= 0.6 is 0 Å². The number of nitrogens with zero attached hydrogens (tertiary/aromatic N) is 2. The van der Waals surface area contributed by atoms with Crippen molar-refractivity contribution in [2.45, 2.75) is 6.42 Å². The Morgan fingerprint density at radius 2 is 1.69 bits per heavy atom. The topological polar surface area (TPSA) is 72.9 Å². The summed E-state index contributed by atoms with van der Waals surface area (Å²) < 4.78 is 5.43. The summed E-state index contributed by atoms with van der Waals surface area (Å²) in [5, 5.41) is 11.6. The van der Waals surface area contributed by atoms with E-state index in [0.29, 0.717) is 26.2 Å². The molecule has 2 fully saturated rings. The van der Waals surface area contributed by atoms with E-state index in [0.717, 1.165) is 17.9 Å². The number of methoxy groups -OCH3 is 1. The Bertz CT molecular complexity index is 739. The van der Waals surface area contributed by atoms with Crippen molar-refractivity contribution in [3.63, 3.8) is 0 Å². The van der Waals surface area contributed by atoms with E-state index in [4.69, 9.17) is 4.74 Å². The van der Waals surface area contributed by atoms with Crippen LogP contribution in [0.25, 0.3) is 0 Å². The highest BCUT2D eigenvalue weighted by molar-refractivity contribution is 5.86. The number of ether oxygens (including phenoxy) is 1. The fourth-order valence-corrected chi connectivity index (χ4v) is 4.75. The molecule has 0 unspecified atom stereocenters. The minimum absolute atomic E-state index is 0.0317. The second-order valence-corrected chi connectivity index (χ2v) is 7.30. The molecule has 2 bridgehead atoms. The van der Waals surface area contributed by atoms with Gasteiger partial charge >= 0.3 is 0 Å². The molecule has 138 valence electrons. The number of benzene rings is 1. The molecule has 0 spiro atoms. The molecule has 4 rings (SSSR count). The molecule has 0 N–H and O–H groups in total. The summed E-state index contributed by atoms with van der Waals surface area (Å²) >= 11 is 0. The molecule has 26 heavy (non-hydrogen) atoms. The van der Waals surface area contributed by atoms with Crippen LogP contribution in [-0.4, -0.2) is 50.1 Å². The number of carboxylic acids is 1. The number of rotatable bonds is 4. The van der Waals surface area contributed by atoms with Gasteiger partial charge in [-0.25, -0.2) is 0 Å². The minimum Gasteiger partial charge on any atom is -0.550 e. The van der Waals surface area contributed by atoms with Gasteiger partial charge in [-0.1, -0.05) is 24.3 Å². The van der Waals surface area contributed by atoms with Gasteiger partial charge in [0.1, 0.15) is 5.75 Å². The zero-order valence-electron chi connectivity index (χ0n) is 14.8. The van der Waals surface area contributed by atoms with Crippen molar-refractivity contribution in [2.75, 3.05) is 38.2 Å². The summed E-state index contributed by atoms with van der Waals surface area (Å²) in [6.07, 6.45) is 4.71. The van der Waals surface area contributed by atoms with E-state index < -0.39 is 17.8 Å². The first kappa shape index (κ1) is 16.9. The van der Waals surface area contributed by atoms with E-state index >= 15 is 0 Å². The van der Waals surface area contributed by atoms with E-state index in [9.17, 15) is 14.7 Å². The molecule has 0 aromatic heterocycles. The number of piperazine rings is 1. The summed E-state index contributed by atoms with van der Waals surface area (Å²) in [5.74, 6) is -1.44. The maximum atomic E-state index is 13.0. The first-order valence-electron chi connectivity index (χ1n) is 9.16. The highest BCUT2D eigenvalue weighted by Gasteiger charge is 2.50.